The Labute approximate surface area is 120 Å². The fourth-order valence-corrected chi connectivity index (χ4v) is 2.55. The number of pyridine rings is 1. The highest BCUT2D eigenvalue weighted by Crippen LogP contribution is 2.40. The van der Waals surface area contributed by atoms with Gasteiger partial charge in [0.2, 0.25) is 14.6 Å². The number of aromatic nitrogens is 5. The quantitative estimate of drug-likeness (QED) is 0.647. The van der Waals surface area contributed by atoms with Crippen molar-refractivity contribution in [3.05, 3.63) is 29.4 Å². The third kappa shape index (κ3) is 2.05. The first-order chi connectivity index (χ1) is 8.55. The van der Waals surface area contributed by atoms with Crippen molar-refractivity contribution in [2.24, 2.45) is 0 Å². The predicted octanol–water partition coefficient (Wildman–Crippen LogP) is 3.07. The molecule has 9 heteroatoms. The van der Waals surface area contributed by atoms with Gasteiger partial charge in [-0.3, -0.25) is 4.98 Å². The highest BCUT2D eigenvalue weighted by Gasteiger charge is 2.29. The lowest BCUT2D eigenvalue weighted by molar-refractivity contribution is 0.912. The van der Waals surface area contributed by atoms with Crippen molar-refractivity contribution in [1.82, 2.24) is 24.8 Å². The second-order valence-electron chi connectivity index (χ2n) is 3.34. The van der Waals surface area contributed by atoms with Gasteiger partial charge in [0.1, 0.15) is 5.69 Å². The summed E-state index contributed by atoms with van der Waals surface area (Å²) in [6.07, 6.45) is 1.67. The Kier molecular flexibility index (Phi) is 2.90. The molecule has 3 aromatic heterocycles. The summed E-state index contributed by atoms with van der Waals surface area (Å²) in [5.41, 5.74) is 0.658. The summed E-state index contributed by atoms with van der Waals surface area (Å²) in [6.45, 7) is 0. The fourth-order valence-electron chi connectivity index (χ4n) is 1.39. The van der Waals surface area contributed by atoms with Crippen LogP contribution in [0.5, 0.6) is 0 Å². The summed E-state index contributed by atoms with van der Waals surface area (Å²) in [7, 11) is 0. The van der Waals surface area contributed by atoms with Gasteiger partial charge in [-0.2, -0.15) is 9.61 Å². The average Bonchev–Trinajstić information content (AvgIpc) is 2.88. The highest BCUT2D eigenvalue weighted by atomic mass is 35.6. The predicted molar refractivity (Wildman–Crippen MR) is 71.1 cm³/mol. The molecular formula is C9H4Cl3N5S. The van der Waals surface area contributed by atoms with E-state index in [2.05, 4.69) is 20.3 Å². The zero-order chi connectivity index (χ0) is 12.8. The number of fused-ring (bicyclic) bond motifs is 1. The smallest absolute Gasteiger partial charge is 0.243 e. The van der Waals surface area contributed by atoms with Crippen molar-refractivity contribution in [3.8, 4) is 11.5 Å². The summed E-state index contributed by atoms with van der Waals surface area (Å²) < 4.78 is -0.0447. The van der Waals surface area contributed by atoms with E-state index < -0.39 is 3.79 Å². The number of hydrogen-bond acceptors (Lipinski definition) is 5. The van der Waals surface area contributed by atoms with Crippen LogP contribution in [0.2, 0.25) is 0 Å². The lowest BCUT2D eigenvalue weighted by Gasteiger charge is -2.03. The molecule has 0 amide bonds. The van der Waals surface area contributed by atoms with Crippen LogP contribution in [-0.4, -0.2) is 24.8 Å². The summed E-state index contributed by atoms with van der Waals surface area (Å²) in [6, 6.07) is 5.48. The van der Waals surface area contributed by atoms with Gasteiger partial charge in [0.15, 0.2) is 5.01 Å². The second kappa shape index (κ2) is 4.31. The van der Waals surface area contributed by atoms with Crippen LogP contribution >= 0.6 is 46.1 Å². The van der Waals surface area contributed by atoms with E-state index in [-0.39, 0.29) is 0 Å². The van der Waals surface area contributed by atoms with Gasteiger partial charge >= 0.3 is 0 Å². The van der Waals surface area contributed by atoms with Crippen molar-refractivity contribution in [2.45, 2.75) is 3.79 Å². The molecule has 0 bridgehead atoms. The van der Waals surface area contributed by atoms with Gasteiger partial charge < -0.3 is 0 Å². The lowest BCUT2D eigenvalue weighted by Crippen LogP contribution is -2.01. The first-order valence-corrected chi connectivity index (χ1v) is 6.71. The SMILES string of the molecule is ClC(Cl)(Cl)c1nn2c(-c3ccccn3)nnc2s1. The van der Waals surface area contributed by atoms with Crippen molar-refractivity contribution in [1.29, 1.82) is 0 Å². The van der Waals surface area contributed by atoms with Crippen molar-refractivity contribution >= 4 is 51.1 Å². The summed E-state index contributed by atoms with van der Waals surface area (Å²) in [5.74, 6) is 0.516. The Morgan fingerprint density at radius 1 is 1.17 bits per heavy atom. The van der Waals surface area contributed by atoms with E-state index in [1.54, 1.807) is 6.20 Å². The zero-order valence-corrected chi connectivity index (χ0v) is 11.7. The molecule has 18 heavy (non-hydrogen) atoms. The van der Waals surface area contributed by atoms with Crippen molar-refractivity contribution < 1.29 is 0 Å². The third-order valence-corrected chi connectivity index (χ3v) is 4.02. The summed E-state index contributed by atoms with van der Waals surface area (Å²) in [4.78, 5) is 4.74. The van der Waals surface area contributed by atoms with Crippen LogP contribution in [0.15, 0.2) is 24.4 Å². The molecule has 3 heterocycles. The molecule has 0 atom stereocenters. The van der Waals surface area contributed by atoms with Gasteiger partial charge in [0.05, 0.1) is 0 Å². The van der Waals surface area contributed by atoms with Gasteiger partial charge in [-0.05, 0) is 12.1 Å². The number of alkyl halides is 3. The maximum Gasteiger partial charge on any atom is 0.243 e. The molecule has 3 rings (SSSR count). The van der Waals surface area contributed by atoms with Gasteiger partial charge in [0.25, 0.3) is 0 Å². The van der Waals surface area contributed by atoms with Gasteiger partial charge in [-0.15, -0.1) is 10.2 Å². The van der Waals surface area contributed by atoms with Crippen LogP contribution in [0.25, 0.3) is 16.5 Å². The Bertz CT molecular complexity index is 687. The van der Waals surface area contributed by atoms with Crippen LogP contribution in [0, 0.1) is 0 Å². The molecular weight excluding hydrogens is 317 g/mol. The number of rotatable bonds is 1. The first-order valence-electron chi connectivity index (χ1n) is 4.76. The average molecular weight is 321 g/mol. The van der Waals surface area contributed by atoms with Crippen LogP contribution < -0.4 is 0 Å². The van der Waals surface area contributed by atoms with Crippen LogP contribution in [0.1, 0.15) is 5.01 Å². The molecule has 0 aliphatic heterocycles. The minimum absolute atomic E-state index is 0.342. The zero-order valence-electron chi connectivity index (χ0n) is 8.59. The first kappa shape index (κ1) is 12.1. The van der Waals surface area contributed by atoms with E-state index in [1.807, 2.05) is 18.2 Å². The van der Waals surface area contributed by atoms with Crippen molar-refractivity contribution in [3.63, 3.8) is 0 Å². The summed E-state index contributed by atoms with van der Waals surface area (Å²) >= 11 is 18.5. The third-order valence-electron chi connectivity index (χ3n) is 2.13. The molecule has 0 fully saturated rings. The van der Waals surface area contributed by atoms with E-state index in [4.69, 9.17) is 34.8 Å². The van der Waals surface area contributed by atoms with Crippen molar-refractivity contribution in [2.75, 3.05) is 0 Å². The maximum atomic E-state index is 5.79. The maximum absolute atomic E-state index is 5.79. The lowest BCUT2D eigenvalue weighted by atomic mass is 10.3. The van der Waals surface area contributed by atoms with Crippen LogP contribution in [0.4, 0.5) is 0 Å². The number of hydrogen-bond donors (Lipinski definition) is 0. The van der Waals surface area contributed by atoms with E-state index in [0.717, 1.165) is 0 Å². The number of halogens is 3. The molecule has 0 aliphatic rings. The molecule has 3 aromatic rings. The standard InChI is InChI=1S/C9H4Cl3N5S/c10-9(11,12)7-16-17-6(14-15-8(17)18-7)5-3-1-2-4-13-5/h1-4H. The van der Waals surface area contributed by atoms with E-state index in [9.17, 15) is 0 Å². The molecule has 0 spiro atoms. The monoisotopic (exact) mass is 319 g/mol. The molecule has 0 saturated heterocycles. The second-order valence-corrected chi connectivity index (χ2v) is 6.58. The minimum Gasteiger partial charge on any atom is -0.253 e. The van der Waals surface area contributed by atoms with Crippen LogP contribution in [0.3, 0.4) is 0 Å². The normalized spacial score (nSPS) is 12.2. The molecule has 5 nitrogen and oxygen atoms in total. The van der Waals surface area contributed by atoms with E-state index in [0.29, 0.717) is 21.5 Å². The molecule has 0 N–H and O–H groups in total. The Morgan fingerprint density at radius 3 is 2.67 bits per heavy atom. The fraction of sp³-hybridized carbons (Fsp3) is 0.111. The van der Waals surface area contributed by atoms with E-state index in [1.165, 1.54) is 15.9 Å². The molecule has 0 radical (unpaired) electrons. The molecule has 0 aliphatic carbocycles. The van der Waals surface area contributed by atoms with Gasteiger partial charge in [-0.1, -0.05) is 52.2 Å². The molecule has 0 saturated carbocycles. The minimum atomic E-state index is -1.56. The largest absolute Gasteiger partial charge is 0.253 e. The molecule has 0 aromatic carbocycles. The number of nitrogens with zero attached hydrogens (tertiary/aromatic N) is 5. The van der Waals surface area contributed by atoms with Crippen LogP contribution in [-0.2, 0) is 3.79 Å². The molecule has 92 valence electrons. The molecule has 0 unspecified atom stereocenters. The van der Waals surface area contributed by atoms with Gasteiger partial charge in [0, 0.05) is 6.20 Å². The Hall–Kier alpha value is -0.950. The van der Waals surface area contributed by atoms with Gasteiger partial charge in [-0.25, -0.2) is 0 Å². The Morgan fingerprint density at radius 2 is 2.00 bits per heavy atom. The Balaban J connectivity index is 2.18. The van der Waals surface area contributed by atoms with E-state index >= 15 is 0 Å². The highest BCUT2D eigenvalue weighted by molar-refractivity contribution is 7.17. The summed E-state index contributed by atoms with van der Waals surface area (Å²) in [5, 5.41) is 12.5. The topological polar surface area (TPSA) is 56.0 Å².